The van der Waals surface area contributed by atoms with Gasteiger partial charge in [0.25, 0.3) is 5.91 Å². The summed E-state index contributed by atoms with van der Waals surface area (Å²) >= 11 is 0. The van der Waals surface area contributed by atoms with Gasteiger partial charge in [0.05, 0.1) is 5.69 Å². The SMILES string of the molecule is Cc1cc(C)nc(NNC(=O)C2=NN(c3ccccc3)C(C(N)=O)C2)n1. The fourth-order valence-corrected chi connectivity index (χ4v) is 2.65. The van der Waals surface area contributed by atoms with Crippen LogP contribution in [-0.2, 0) is 9.59 Å². The Kier molecular flexibility index (Phi) is 4.78. The van der Waals surface area contributed by atoms with Crippen molar-refractivity contribution >= 4 is 29.2 Å². The largest absolute Gasteiger partial charge is 0.368 e. The van der Waals surface area contributed by atoms with E-state index in [4.69, 9.17) is 5.73 Å². The smallest absolute Gasteiger partial charge is 0.285 e. The Hall–Kier alpha value is -3.49. The normalized spacial score (nSPS) is 16.2. The first-order valence-corrected chi connectivity index (χ1v) is 8.04. The van der Waals surface area contributed by atoms with E-state index in [1.54, 1.807) is 12.1 Å². The summed E-state index contributed by atoms with van der Waals surface area (Å²) in [6, 6.07) is 10.2. The first-order chi connectivity index (χ1) is 12.4. The number of primary amides is 1. The molecule has 9 nitrogen and oxygen atoms in total. The number of benzene rings is 1. The lowest BCUT2D eigenvalue weighted by Gasteiger charge is -2.20. The van der Waals surface area contributed by atoms with Crippen LogP contribution < -0.4 is 21.6 Å². The summed E-state index contributed by atoms with van der Waals surface area (Å²) in [6.45, 7) is 3.66. The van der Waals surface area contributed by atoms with Gasteiger partial charge in [0, 0.05) is 17.8 Å². The van der Waals surface area contributed by atoms with E-state index in [2.05, 4.69) is 25.9 Å². The number of hydrogen-bond donors (Lipinski definition) is 3. The lowest BCUT2D eigenvalue weighted by atomic mass is 10.1. The molecule has 0 fully saturated rings. The highest BCUT2D eigenvalue weighted by molar-refractivity contribution is 6.40. The van der Waals surface area contributed by atoms with Crippen molar-refractivity contribution in [1.82, 2.24) is 15.4 Å². The number of amides is 2. The minimum absolute atomic E-state index is 0.117. The molecule has 0 radical (unpaired) electrons. The molecule has 0 bridgehead atoms. The molecule has 4 N–H and O–H groups in total. The van der Waals surface area contributed by atoms with Crippen LogP contribution in [0, 0.1) is 13.8 Å². The van der Waals surface area contributed by atoms with E-state index in [0.717, 1.165) is 11.4 Å². The van der Waals surface area contributed by atoms with Crippen molar-refractivity contribution < 1.29 is 9.59 Å². The molecule has 1 aliphatic rings. The summed E-state index contributed by atoms with van der Waals surface area (Å²) in [5.74, 6) is -0.746. The number of aromatic nitrogens is 2. The van der Waals surface area contributed by atoms with Gasteiger partial charge in [0.2, 0.25) is 11.9 Å². The highest BCUT2D eigenvalue weighted by Crippen LogP contribution is 2.24. The number of nitrogens with zero attached hydrogens (tertiary/aromatic N) is 4. The van der Waals surface area contributed by atoms with Crippen molar-refractivity contribution in [3.63, 3.8) is 0 Å². The molecule has 2 amide bonds. The van der Waals surface area contributed by atoms with E-state index < -0.39 is 17.9 Å². The number of hydrogen-bond acceptors (Lipinski definition) is 7. The quantitative estimate of drug-likeness (QED) is 0.678. The Morgan fingerprint density at radius 1 is 1.15 bits per heavy atom. The van der Waals surface area contributed by atoms with Crippen molar-refractivity contribution in [2.45, 2.75) is 26.3 Å². The second-order valence-electron chi connectivity index (χ2n) is 5.90. The molecule has 1 atom stereocenters. The summed E-state index contributed by atoms with van der Waals surface area (Å²) < 4.78 is 0. The van der Waals surface area contributed by atoms with E-state index in [9.17, 15) is 9.59 Å². The molecule has 0 saturated heterocycles. The molecule has 2 aromatic rings. The lowest BCUT2D eigenvalue weighted by molar-refractivity contribution is -0.119. The molecule has 0 saturated carbocycles. The molecular formula is C17H19N7O2. The van der Waals surface area contributed by atoms with Gasteiger partial charge < -0.3 is 5.73 Å². The third kappa shape index (κ3) is 3.77. The highest BCUT2D eigenvalue weighted by Gasteiger charge is 2.34. The molecule has 1 aliphatic heterocycles. The summed E-state index contributed by atoms with van der Waals surface area (Å²) in [6.07, 6.45) is 0.117. The zero-order valence-corrected chi connectivity index (χ0v) is 14.4. The van der Waals surface area contributed by atoms with Crippen molar-refractivity contribution in [2.24, 2.45) is 10.8 Å². The first-order valence-electron chi connectivity index (χ1n) is 8.04. The van der Waals surface area contributed by atoms with Crippen molar-refractivity contribution in [3.05, 3.63) is 47.8 Å². The molecule has 3 rings (SSSR count). The van der Waals surface area contributed by atoms with Crippen molar-refractivity contribution in [1.29, 1.82) is 0 Å². The van der Waals surface area contributed by atoms with Crippen LogP contribution in [0.15, 0.2) is 41.5 Å². The Labute approximate surface area is 150 Å². The van der Waals surface area contributed by atoms with Crippen LogP contribution in [0.1, 0.15) is 17.8 Å². The number of carbonyl (C=O) groups is 2. The first kappa shape index (κ1) is 17.3. The Balaban J connectivity index is 1.73. The van der Waals surface area contributed by atoms with Gasteiger partial charge in [-0.15, -0.1) is 0 Å². The van der Waals surface area contributed by atoms with Crippen molar-refractivity contribution in [3.8, 4) is 0 Å². The Morgan fingerprint density at radius 3 is 2.42 bits per heavy atom. The predicted molar refractivity (Wildman–Crippen MR) is 97.2 cm³/mol. The van der Waals surface area contributed by atoms with Crippen LogP contribution in [0.2, 0.25) is 0 Å². The van der Waals surface area contributed by atoms with Gasteiger partial charge in [0.1, 0.15) is 11.8 Å². The number of para-hydroxylation sites is 1. The molecule has 1 aromatic carbocycles. The topological polar surface area (TPSA) is 126 Å². The zero-order chi connectivity index (χ0) is 18.7. The zero-order valence-electron chi connectivity index (χ0n) is 14.4. The maximum atomic E-state index is 12.4. The molecule has 26 heavy (non-hydrogen) atoms. The molecule has 1 aromatic heterocycles. The van der Waals surface area contributed by atoms with Crippen LogP contribution in [0.4, 0.5) is 11.6 Å². The monoisotopic (exact) mass is 353 g/mol. The number of hydrazone groups is 1. The molecule has 2 heterocycles. The van der Waals surface area contributed by atoms with Gasteiger partial charge in [-0.1, -0.05) is 18.2 Å². The number of nitrogens with one attached hydrogen (secondary N) is 2. The van der Waals surface area contributed by atoms with Gasteiger partial charge >= 0.3 is 0 Å². The second kappa shape index (κ2) is 7.18. The maximum absolute atomic E-state index is 12.4. The summed E-state index contributed by atoms with van der Waals surface area (Å²) in [5.41, 5.74) is 13.1. The highest BCUT2D eigenvalue weighted by atomic mass is 16.2. The minimum atomic E-state index is -0.712. The van der Waals surface area contributed by atoms with Crippen LogP contribution in [0.5, 0.6) is 0 Å². The fraction of sp³-hybridized carbons (Fsp3) is 0.235. The second-order valence-corrected chi connectivity index (χ2v) is 5.90. The number of carbonyl (C=O) groups excluding carboxylic acids is 2. The summed E-state index contributed by atoms with van der Waals surface area (Å²) in [5, 5.41) is 5.73. The molecule has 0 spiro atoms. The Morgan fingerprint density at radius 2 is 1.81 bits per heavy atom. The minimum Gasteiger partial charge on any atom is -0.368 e. The molecule has 134 valence electrons. The number of anilines is 2. The van der Waals surface area contributed by atoms with Gasteiger partial charge in [-0.3, -0.25) is 25.4 Å². The molecule has 0 aliphatic carbocycles. The van der Waals surface area contributed by atoms with Crippen LogP contribution in [-0.4, -0.2) is 33.5 Å². The average molecular weight is 353 g/mol. The van der Waals surface area contributed by atoms with Gasteiger partial charge in [0.15, 0.2) is 0 Å². The van der Waals surface area contributed by atoms with Crippen LogP contribution in [0.3, 0.4) is 0 Å². The number of hydrazine groups is 1. The van der Waals surface area contributed by atoms with E-state index in [1.165, 1.54) is 5.01 Å². The van der Waals surface area contributed by atoms with E-state index in [0.29, 0.717) is 5.69 Å². The van der Waals surface area contributed by atoms with Gasteiger partial charge in [-0.05, 0) is 32.0 Å². The number of aryl methyl sites for hydroxylation is 2. The molecule has 9 heteroatoms. The Bertz CT molecular complexity index is 846. The standard InChI is InChI=1S/C17H19N7O2/c1-10-8-11(2)20-17(19-10)22-21-16(26)13-9-14(15(18)25)24(23-13)12-6-4-3-5-7-12/h3-8,14H,9H2,1-2H3,(H2,18,25)(H,21,26)(H,19,20,22). The van der Waals surface area contributed by atoms with Gasteiger partial charge in [-0.25, -0.2) is 9.97 Å². The van der Waals surface area contributed by atoms with E-state index in [-0.39, 0.29) is 18.1 Å². The third-order valence-electron chi connectivity index (χ3n) is 3.79. The van der Waals surface area contributed by atoms with Gasteiger partial charge in [-0.2, -0.15) is 5.10 Å². The van der Waals surface area contributed by atoms with Crippen LogP contribution in [0.25, 0.3) is 0 Å². The third-order valence-corrected chi connectivity index (χ3v) is 3.79. The molecular weight excluding hydrogens is 334 g/mol. The maximum Gasteiger partial charge on any atom is 0.285 e. The lowest BCUT2D eigenvalue weighted by Crippen LogP contribution is -2.40. The van der Waals surface area contributed by atoms with E-state index >= 15 is 0 Å². The summed E-state index contributed by atoms with van der Waals surface area (Å²) in [7, 11) is 0. The number of nitrogens with two attached hydrogens (primary N) is 1. The van der Waals surface area contributed by atoms with E-state index in [1.807, 2.05) is 38.1 Å². The number of rotatable bonds is 5. The molecule has 1 unspecified atom stereocenters. The average Bonchev–Trinajstić information content (AvgIpc) is 3.05. The van der Waals surface area contributed by atoms with Crippen LogP contribution >= 0.6 is 0 Å². The summed E-state index contributed by atoms with van der Waals surface area (Å²) in [4.78, 5) is 32.5. The fourth-order valence-electron chi connectivity index (χ4n) is 2.65. The predicted octanol–water partition coefficient (Wildman–Crippen LogP) is 0.657. The van der Waals surface area contributed by atoms with Crippen molar-refractivity contribution in [2.75, 3.05) is 10.4 Å².